The number of hydrogen-bond donors (Lipinski definition) is 1. The van der Waals surface area contributed by atoms with E-state index in [0.717, 1.165) is 30.4 Å². The molecule has 0 aliphatic carbocycles. The zero-order valence-electron chi connectivity index (χ0n) is 8.40. The quantitative estimate of drug-likeness (QED) is 0.846. The van der Waals surface area contributed by atoms with E-state index in [-0.39, 0.29) is 6.10 Å². The molecule has 0 amide bonds. The van der Waals surface area contributed by atoms with Gasteiger partial charge < -0.3 is 5.11 Å². The van der Waals surface area contributed by atoms with Crippen molar-refractivity contribution in [3.05, 3.63) is 28.7 Å². The van der Waals surface area contributed by atoms with Gasteiger partial charge in [-0.2, -0.15) is 0 Å². The van der Waals surface area contributed by atoms with Gasteiger partial charge in [0.1, 0.15) is 0 Å². The molecule has 1 fully saturated rings. The fourth-order valence-electron chi connectivity index (χ4n) is 1.61. The van der Waals surface area contributed by atoms with E-state index in [4.69, 9.17) is 0 Å². The summed E-state index contributed by atoms with van der Waals surface area (Å²) < 4.78 is 3.43. The molecular weight excluding hydrogens is 274 g/mol. The third-order valence-corrected chi connectivity index (χ3v) is 4.04. The zero-order valence-corrected chi connectivity index (χ0v) is 10.8. The Kier molecular flexibility index (Phi) is 4.08. The van der Waals surface area contributed by atoms with E-state index in [1.165, 1.54) is 4.90 Å². The van der Waals surface area contributed by atoms with Crippen LogP contribution in [0.5, 0.6) is 0 Å². The van der Waals surface area contributed by atoms with Gasteiger partial charge in [-0.25, -0.2) is 4.31 Å². The highest BCUT2D eigenvalue weighted by Gasteiger charge is 2.17. The number of halogens is 1. The number of benzene rings is 1. The SMILES string of the molecule is OC1CCN(Sc2cccc(Br)c2)CC1. The molecule has 1 N–H and O–H groups in total. The van der Waals surface area contributed by atoms with Crippen LogP contribution >= 0.6 is 27.9 Å². The van der Waals surface area contributed by atoms with Crippen molar-refractivity contribution >= 4 is 27.9 Å². The minimum atomic E-state index is -0.0932. The molecule has 2 rings (SSSR count). The van der Waals surface area contributed by atoms with E-state index in [2.05, 4.69) is 32.4 Å². The van der Waals surface area contributed by atoms with Crippen molar-refractivity contribution in [2.75, 3.05) is 13.1 Å². The molecule has 1 aliphatic heterocycles. The van der Waals surface area contributed by atoms with Crippen LogP contribution in [0, 0.1) is 0 Å². The normalized spacial score (nSPS) is 19.3. The van der Waals surface area contributed by atoms with Crippen LogP contribution in [0.3, 0.4) is 0 Å². The molecule has 0 saturated carbocycles. The van der Waals surface area contributed by atoms with Crippen molar-refractivity contribution in [2.45, 2.75) is 23.8 Å². The summed E-state index contributed by atoms with van der Waals surface area (Å²) in [5.74, 6) is 0. The lowest BCUT2D eigenvalue weighted by molar-refractivity contribution is 0.116. The van der Waals surface area contributed by atoms with Crippen LogP contribution < -0.4 is 0 Å². The number of hydrogen-bond acceptors (Lipinski definition) is 3. The molecule has 0 atom stereocenters. The van der Waals surface area contributed by atoms with Gasteiger partial charge in [0.05, 0.1) is 6.10 Å². The minimum Gasteiger partial charge on any atom is -0.393 e. The third-order valence-electron chi connectivity index (χ3n) is 2.45. The summed E-state index contributed by atoms with van der Waals surface area (Å²) in [6.07, 6.45) is 1.69. The molecule has 0 aromatic heterocycles. The first kappa shape index (κ1) is 11.5. The Morgan fingerprint density at radius 2 is 2.07 bits per heavy atom. The van der Waals surface area contributed by atoms with Crippen molar-refractivity contribution in [2.24, 2.45) is 0 Å². The smallest absolute Gasteiger partial charge is 0.0565 e. The van der Waals surface area contributed by atoms with Crippen LogP contribution in [-0.2, 0) is 0 Å². The predicted octanol–water partition coefficient (Wildman–Crippen LogP) is 2.91. The summed E-state index contributed by atoms with van der Waals surface area (Å²) in [4.78, 5) is 1.25. The van der Waals surface area contributed by atoms with Gasteiger partial charge in [-0.05, 0) is 43.0 Å². The molecule has 2 nitrogen and oxygen atoms in total. The second-order valence-electron chi connectivity index (χ2n) is 3.71. The van der Waals surface area contributed by atoms with Gasteiger partial charge in [0, 0.05) is 22.5 Å². The molecule has 0 radical (unpaired) electrons. The van der Waals surface area contributed by atoms with Crippen LogP contribution in [0.2, 0.25) is 0 Å². The number of rotatable bonds is 2. The fourth-order valence-corrected chi connectivity index (χ4v) is 3.17. The lowest BCUT2D eigenvalue weighted by Gasteiger charge is -2.28. The maximum absolute atomic E-state index is 9.39. The van der Waals surface area contributed by atoms with E-state index in [0.29, 0.717) is 0 Å². The third kappa shape index (κ3) is 3.48. The van der Waals surface area contributed by atoms with Gasteiger partial charge in [-0.1, -0.05) is 22.0 Å². The van der Waals surface area contributed by atoms with E-state index in [1.54, 1.807) is 11.9 Å². The highest BCUT2D eigenvalue weighted by Crippen LogP contribution is 2.27. The summed E-state index contributed by atoms with van der Waals surface area (Å²) in [5, 5.41) is 9.39. The average molecular weight is 288 g/mol. The summed E-state index contributed by atoms with van der Waals surface area (Å²) >= 11 is 5.24. The summed E-state index contributed by atoms with van der Waals surface area (Å²) in [6.45, 7) is 1.94. The molecule has 0 bridgehead atoms. The van der Waals surface area contributed by atoms with Crippen LogP contribution in [0.15, 0.2) is 33.6 Å². The number of nitrogens with zero attached hydrogens (tertiary/aromatic N) is 1. The Labute approximate surface area is 103 Å². The van der Waals surface area contributed by atoms with E-state index < -0.39 is 0 Å². The Balaban J connectivity index is 1.92. The summed E-state index contributed by atoms with van der Waals surface area (Å²) in [6, 6.07) is 8.31. The molecule has 1 aromatic carbocycles. The van der Waals surface area contributed by atoms with E-state index >= 15 is 0 Å². The van der Waals surface area contributed by atoms with Crippen LogP contribution in [-0.4, -0.2) is 28.6 Å². The van der Waals surface area contributed by atoms with Crippen molar-refractivity contribution in [3.8, 4) is 0 Å². The van der Waals surface area contributed by atoms with Crippen molar-refractivity contribution in [3.63, 3.8) is 0 Å². The summed E-state index contributed by atoms with van der Waals surface area (Å²) in [5.41, 5.74) is 0. The molecular formula is C11H14BrNOS. The molecule has 4 heteroatoms. The zero-order chi connectivity index (χ0) is 10.7. The Morgan fingerprint density at radius 3 is 2.73 bits per heavy atom. The maximum atomic E-state index is 9.39. The lowest BCUT2D eigenvalue weighted by Crippen LogP contribution is -2.30. The molecule has 1 saturated heterocycles. The minimum absolute atomic E-state index is 0.0932. The Morgan fingerprint density at radius 1 is 1.33 bits per heavy atom. The Bertz CT molecular complexity index is 326. The highest BCUT2D eigenvalue weighted by molar-refractivity contribution is 9.10. The van der Waals surface area contributed by atoms with Crippen molar-refractivity contribution in [1.82, 2.24) is 4.31 Å². The largest absolute Gasteiger partial charge is 0.393 e. The van der Waals surface area contributed by atoms with Gasteiger partial charge in [0.15, 0.2) is 0 Å². The average Bonchev–Trinajstić information content (AvgIpc) is 2.22. The first-order chi connectivity index (χ1) is 7.24. The molecule has 82 valence electrons. The fraction of sp³-hybridized carbons (Fsp3) is 0.455. The topological polar surface area (TPSA) is 23.5 Å². The van der Waals surface area contributed by atoms with Crippen LogP contribution in [0.4, 0.5) is 0 Å². The lowest BCUT2D eigenvalue weighted by atomic mass is 10.1. The molecule has 0 spiro atoms. The second-order valence-corrected chi connectivity index (χ2v) is 5.79. The van der Waals surface area contributed by atoms with Crippen LogP contribution in [0.1, 0.15) is 12.8 Å². The van der Waals surface area contributed by atoms with Crippen molar-refractivity contribution < 1.29 is 5.11 Å². The molecule has 1 aliphatic rings. The van der Waals surface area contributed by atoms with E-state index in [9.17, 15) is 5.11 Å². The highest BCUT2D eigenvalue weighted by atomic mass is 79.9. The first-order valence-electron chi connectivity index (χ1n) is 5.10. The predicted molar refractivity (Wildman–Crippen MR) is 66.8 cm³/mol. The van der Waals surface area contributed by atoms with Crippen molar-refractivity contribution in [1.29, 1.82) is 0 Å². The monoisotopic (exact) mass is 287 g/mol. The standard InChI is InChI=1S/C11H14BrNOS/c12-9-2-1-3-11(8-9)15-13-6-4-10(14)5-7-13/h1-3,8,10,14H,4-7H2. The summed E-state index contributed by atoms with van der Waals surface area (Å²) in [7, 11) is 0. The van der Waals surface area contributed by atoms with Gasteiger partial charge in [-0.3, -0.25) is 0 Å². The molecule has 1 heterocycles. The van der Waals surface area contributed by atoms with Crippen LogP contribution in [0.25, 0.3) is 0 Å². The molecule has 0 unspecified atom stereocenters. The van der Waals surface area contributed by atoms with Gasteiger partial charge in [-0.15, -0.1) is 0 Å². The number of aliphatic hydroxyl groups is 1. The Hall–Kier alpha value is -0.0300. The molecule has 1 aromatic rings. The second kappa shape index (κ2) is 5.34. The van der Waals surface area contributed by atoms with Gasteiger partial charge in [0.25, 0.3) is 0 Å². The van der Waals surface area contributed by atoms with Gasteiger partial charge in [0.2, 0.25) is 0 Å². The number of piperidine rings is 1. The molecule has 15 heavy (non-hydrogen) atoms. The number of aliphatic hydroxyl groups excluding tert-OH is 1. The van der Waals surface area contributed by atoms with Gasteiger partial charge >= 0.3 is 0 Å². The van der Waals surface area contributed by atoms with E-state index in [1.807, 2.05) is 12.1 Å². The first-order valence-corrected chi connectivity index (χ1v) is 6.67. The maximum Gasteiger partial charge on any atom is 0.0565 e.